The largest absolute Gasteiger partial charge is 0.271 e. The zero-order chi connectivity index (χ0) is 13.7. The molecule has 3 atom stereocenters. The molecule has 0 radical (unpaired) electrons. The van der Waals surface area contributed by atoms with Crippen LogP contribution in [0.25, 0.3) is 0 Å². The second-order valence-corrected chi connectivity index (χ2v) is 4.66. The van der Waals surface area contributed by atoms with Crippen LogP contribution in [0.4, 0.5) is 0 Å². The van der Waals surface area contributed by atoms with E-state index >= 15 is 0 Å². The highest BCUT2D eigenvalue weighted by Crippen LogP contribution is 2.16. The number of hydrogen-bond acceptors (Lipinski definition) is 5. The summed E-state index contributed by atoms with van der Waals surface area (Å²) in [4.78, 5) is 15.9. The van der Waals surface area contributed by atoms with E-state index in [0.717, 1.165) is 12.0 Å². The zero-order valence-corrected chi connectivity index (χ0v) is 11.1. The van der Waals surface area contributed by atoms with Crippen molar-refractivity contribution in [2.75, 3.05) is 0 Å². The Hall–Kier alpha value is -1.79. The van der Waals surface area contributed by atoms with Gasteiger partial charge >= 0.3 is 0 Å². The molecule has 6 heteroatoms. The number of nitrogens with zero attached hydrogens (tertiary/aromatic N) is 2. The fraction of sp³-hybridized carbons (Fsp3) is 0.462. The molecule has 1 aromatic rings. The van der Waals surface area contributed by atoms with Gasteiger partial charge in [-0.1, -0.05) is 13.8 Å². The minimum atomic E-state index is -0.250. The van der Waals surface area contributed by atoms with Gasteiger partial charge in [-0.05, 0) is 30.0 Å². The quantitative estimate of drug-likeness (QED) is 0.542. The van der Waals surface area contributed by atoms with E-state index in [9.17, 15) is 4.79 Å². The molecule has 1 saturated heterocycles. The molecule has 1 fully saturated rings. The first-order chi connectivity index (χ1) is 9.22. The van der Waals surface area contributed by atoms with Crippen LogP contribution in [0.5, 0.6) is 0 Å². The molecular weight excluding hydrogens is 242 g/mol. The third-order valence-corrected chi connectivity index (χ3v) is 3.40. The SMILES string of the molecule is CCC1NNC(C(=O)N/N=C/c2ccncc2)C1C. The number of hydrogen-bond donors (Lipinski definition) is 3. The van der Waals surface area contributed by atoms with E-state index in [2.05, 4.69) is 40.2 Å². The van der Waals surface area contributed by atoms with E-state index in [0.29, 0.717) is 6.04 Å². The van der Waals surface area contributed by atoms with Gasteiger partial charge in [-0.25, -0.2) is 10.9 Å². The molecule has 0 bridgehead atoms. The topological polar surface area (TPSA) is 78.4 Å². The molecule has 0 aromatic carbocycles. The van der Waals surface area contributed by atoms with Crippen LogP contribution < -0.4 is 16.3 Å². The molecule has 1 amide bonds. The minimum absolute atomic E-state index is 0.124. The van der Waals surface area contributed by atoms with Crippen LogP contribution >= 0.6 is 0 Å². The molecule has 1 aliphatic heterocycles. The van der Waals surface area contributed by atoms with Crippen LogP contribution in [0.2, 0.25) is 0 Å². The van der Waals surface area contributed by atoms with E-state index in [1.165, 1.54) is 0 Å². The Labute approximate surface area is 112 Å². The highest BCUT2D eigenvalue weighted by molar-refractivity contribution is 5.85. The lowest BCUT2D eigenvalue weighted by molar-refractivity contribution is -0.123. The predicted octanol–water partition coefficient (Wildman–Crippen LogP) is 0.423. The summed E-state index contributed by atoms with van der Waals surface area (Å²) in [7, 11) is 0. The van der Waals surface area contributed by atoms with Crippen molar-refractivity contribution >= 4 is 12.1 Å². The maximum absolute atomic E-state index is 12.0. The first-order valence-corrected chi connectivity index (χ1v) is 6.46. The van der Waals surface area contributed by atoms with Gasteiger partial charge in [0.15, 0.2) is 0 Å². The molecule has 2 rings (SSSR count). The van der Waals surface area contributed by atoms with E-state index in [1.807, 2.05) is 12.1 Å². The van der Waals surface area contributed by atoms with Crippen LogP contribution in [-0.4, -0.2) is 29.2 Å². The Morgan fingerprint density at radius 1 is 1.47 bits per heavy atom. The summed E-state index contributed by atoms with van der Waals surface area (Å²) in [6.07, 6.45) is 5.95. The highest BCUT2D eigenvalue weighted by atomic mass is 16.2. The Morgan fingerprint density at radius 3 is 2.84 bits per heavy atom. The van der Waals surface area contributed by atoms with Gasteiger partial charge in [-0.3, -0.25) is 15.2 Å². The molecule has 1 aromatic heterocycles. The van der Waals surface area contributed by atoms with Crippen molar-refractivity contribution in [2.24, 2.45) is 11.0 Å². The van der Waals surface area contributed by atoms with Gasteiger partial charge in [-0.15, -0.1) is 0 Å². The number of pyridine rings is 1. The third kappa shape index (κ3) is 3.36. The summed E-state index contributed by atoms with van der Waals surface area (Å²) in [5.41, 5.74) is 9.59. The first kappa shape index (κ1) is 13.6. The van der Waals surface area contributed by atoms with Crippen molar-refractivity contribution in [3.8, 4) is 0 Å². The van der Waals surface area contributed by atoms with Gasteiger partial charge in [0.1, 0.15) is 6.04 Å². The molecular formula is C13H19N5O. The Balaban J connectivity index is 1.87. The first-order valence-electron chi connectivity index (χ1n) is 6.46. The molecule has 1 aliphatic rings. The normalized spacial score (nSPS) is 26.7. The molecule has 3 N–H and O–H groups in total. The van der Waals surface area contributed by atoms with Crippen molar-refractivity contribution in [3.05, 3.63) is 30.1 Å². The number of carbonyl (C=O) groups excluding carboxylic acids is 1. The number of aromatic nitrogens is 1. The number of carbonyl (C=O) groups is 1. The summed E-state index contributed by atoms with van der Waals surface area (Å²) >= 11 is 0. The van der Waals surface area contributed by atoms with Crippen LogP contribution in [0.1, 0.15) is 25.8 Å². The number of hydrazone groups is 1. The van der Waals surface area contributed by atoms with Crippen molar-refractivity contribution in [1.29, 1.82) is 0 Å². The average Bonchev–Trinajstić information content (AvgIpc) is 2.81. The lowest BCUT2D eigenvalue weighted by atomic mass is 9.94. The molecule has 19 heavy (non-hydrogen) atoms. The zero-order valence-electron chi connectivity index (χ0n) is 11.1. The number of amides is 1. The van der Waals surface area contributed by atoms with Gasteiger partial charge in [0, 0.05) is 18.4 Å². The minimum Gasteiger partial charge on any atom is -0.271 e. The standard InChI is InChI=1S/C13H19N5O/c1-3-11-9(2)12(17-16-11)13(19)18-15-8-10-4-6-14-7-5-10/h4-9,11-12,16-17H,3H2,1-2H3,(H,18,19)/b15-8+. The maximum Gasteiger partial charge on any atom is 0.258 e. The lowest BCUT2D eigenvalue weighted by Gasteiger charge is -2.15. The van der Waals surface area contributed by atoms with Gasteiger partial charge in [-0.2, -0.15) is 5.10 Å². The monoisotopic (exact) mass is 261 g/mol. The fourth-order valence-corrected chi connectivity index (χ4v) is 2.16. The molecule has 102 valence electrons. The van der Waals surface area contributed by atoms with Crippen molar-refractivity contribution in [2.45, 2.75) is 32.4 Å². The van der Waals surface area contributed by atoms with E-state index in [1.54, 1.807) is 18.6 Å². The second kappa shape index (κ2) is 6.40. The van der Waals surface area contributed by atoms with Crippen molar-refractivity contribution < 1.29 is 4.79 Å². The van der Waals surface area contributed by atoms with Gasteiger partial charge < -0.3 is 0 Å². The fourth-order valence-electron chi connectivity index (χ4n) is 2.16. The van der Waals surface area contributed by atoms with E-state index in [-0.39, 0.29) is 17.9 Å². The number of hydrazine groups is 1. The van der Waals surface area contributed by atoms with Crippen LogP contribution in [0.3, 0.4) is 0 Å². The van der Waals surface area contributed by atoms with Crippen molar-refractivity contribution in [3.63, 3.8) is 0 Å². The summed E-state index contributed by atoms with van der Waals surface area (Å²) < 4.78 is 0. The summed E-state index contributed by atoms with van der Waals surface area (Å²) in [5.74, 6) is 0.113. The van der Waals surface area contributed by atoms with Gasteiger partial charge in [0.05, 0.1) is 6.21 Å². The summed E-state index contributed by atoms with van der Waals surface area (Å²) in [6, 6.07) is 3.71. The summed E-state index contributed by atoms with van der Waals surface area (Å²) in [5, 5.41) is 3.95. The Bertz CT molecular complexity index is 448. The lowest BCUT2D eigenvalue weighted by Crippen LogP contribution is -2.43. The average molecular weight is 261 g/mol. The maximum atomic E-state index is 12.0. The Morgan fingerprint density at radius 2 is 2.21 bits per heavy atom. The Kier molecular flexibility index (Phi) is 4.59. The van der Waals surface area contributed by atoms with E-state index < -0.39 is 0 Å². The van der Waals surface area contributed by atoms with Crippen LogP contribution in [0.15, 0.2) is 29.6 Å². The molecule has 0 spiro atoms. The molecule has 0 aliphatic carbocycles. The smallest absolute Gasteiger partial charge is 0.258 e. The van der Waals surface area contributed by atoms with Crippen LogP contribution in [-0.2, 0) is 4.79 Å². The molecule has 2 heterocycles. The molecule has 6 nitrogen and oxygen atoms in total. The molecule has 3 unspecified atom stereocenters. The van der Waals surface area contributed by atoms with E-state index in [4.69, 9.17) is 0 Å². The highest BCUT2D eigenvalue weighted by Gasteiger charge is 2.35. The van der Waals surface area contributed by atoms with Crippen molar-refractivity contribution in [1.82, 2.24) is 21.3 Å². The summed E-state index contributed by atoms with van der Waals surface area (Å²) in [6.45, 7) is 4.15. The molecule has 0 saturated carbocycles. The number of rotatable bonds is 4. The third-order valence-electron chi connectivity index (χ3n) is 3.40. The second-order valence-electron chi connectivity index (χ2n) is 4.66. The van der Waals surface area contributed by atoms with Crippen LogP contribution in [0, 0.1) is 5.92 Å². The van der Waals surface area contributed by atoms with Gasteiger partial charge in [0.25, 0.3) is 5.91 Å². The number of nitrogens with one attached hydrogen (secondary N) is 3. The van der Waals surface area contributed by atoms with Gasteiger partial charge in [0.2, 0.25) is 0 Å². The predicted molar refractivity (Wildman–Crippen MR) is 73.3 cm³/mol.